The lowest BCUT2D eigenvalue weighted by atomic mass is 10.2. The maximum absolute atomic E-state index is 13.4. The summed E-state index contributed by atoms with van der Waals surface area (Å²) in [5.41, 5.74) is 1.44. The van der Waals surface area contributed by atoms with E-state index in [-0.39, 0.29) is 16.3 Å². The second-order valence-electron chi connectivity index (χ2n) is 7.70. The molecule has 0 saturated heterocycles. The largest absolute Gasteiger partial charge is 0.438 e. The lowest BCUT2D eigenvalue weighted by Crippen LogP contribution is -2.20. The van der Waals surface area contributed by atoms with Crippen LogP contribution in [0.2, 0.25) is 5.02 Å². The van der Waals surface area contributed by atoms with Crippen LogP contribution in [0.3, 0.4) is 0 Å². The third-order valence-electron chi connectivity index (χ3n) is 5.39. The van der Waals surface area contributed by atoms with Crippen LogP contribution in [0.1, 0.15) is 23.6 Å². The molecule has 9 heteroatoms. The van der Waals surface area contributed by atoms with Crippen molar-refractivity contribution in [1.29, 1.82) is 5.26 Å². The van der Waals surface area contributed by atoms with Crippen LogP contribution in [0.5, 0.6) is 11.6 Å². The normalized spacial score (nSPS) is 11.9. The van der Waals surface area contributed by atoms with Crippen LogP contribution >= 0.6 is 11.6 Å². The molecule has 2 aromatic heterocycles. The number of nitrogens with zero attached hydrogens (tertiary/aromatic N) is 3. The predicted octanol–water partition coefficient (Wildman–Crippen LogP) is 5.35. The van der Waals surface area contributed by atoms with Gasteiger partial charge < -0.3 is 4.74 Å². The Labute approximate surface area is 207 Å². The number of hydrogen-bond donors (Lipinski definition) is 0. The minimum atomic E-state index is -4.23. The molecular weight excluding hydrogens is 486 g/mol. The average Bonchev–Trinajstić information content (AvgIpc) is 2.85. The highest BCUT2D eigenvalue weighted by Crippen LogP contribution is 2.28. The molecule has 0 saturated carbocycles. The molecule has 0 atom stereocenters. The molecule has 176 valence electrons. The molecule has 0 bridgehead atoms. The highest BCUT2D eigenvalue weighted by Gasteiger charge is 2.24. The Kier molecular flexibility index (Phi) is 6.74. The van der Waals surface area contributed by atoms with Crippen molar-refractivity contribution in [1.82, 2.24) is 9.38 Å². The van der Waals surface area contributed by atoms with Gasteiger partial charge in [0.15, 0.2) is 0 Å². The Hall–Kier alpha value is -3.93. The minimum Gasteiger partial charge on any atom is -0.438 e. The summed E-state index contributed by atoms with van der Waals surface area (Å²) in [6.45, 7) is 3.82. The first-order valence-corrected chi connectivity index (χ1v) is 12.5. The molecule has 2 heterocycles. The van der Waals surface area contributed by atoms with Crippen LogP contribution in [0.15, 0.2) is 81.5 Å². The quantitative estimate of drug-likeness (QED) is 0.327. The molecule has 0 spiro atoms. The number of pyridine rings is 1. The Morgan fingerprint density at radius 1 is 1.14 bits per heavy atom. The summed E-state index contributed by atoms with van der Waals surface area (Å²) in [5.74, 6) is 0.313. The minimum absolute atomic E-state index is 0.104. The smallest absolute Gasteiger partial charge is 0.269 e. The number of aromatic nitrogens is 2. The summed E-state index contributed by atoms with van der Waals surface area (Å²) >= 11 is 5.87. The molecule has 35 heavy (non-hydrogen) atoms. The van der Waals surface area contributed by atoms with E-state index in [2.05, 4.69) is 4.98 Å². The monoisotopic (exact) mass is 505 g/mol. The maximum Gasteiger partial charge on any atom is 0.269 e. The highest BCUT2D eigenvalue weighted by atomic mass is 35.5. The Morgan fingerprint density at radius 2 is 1.83 bits per heavy atom. The Morgan fingerprint density at radius 3 is 2.46 bits per heavy atom. The number of ether oxygens (including phenoxy) is 1. The van der Waals surface area contributed by atoms with Gasteiger partial charge >= 0.3 is 0 Å². The van der Waals surface area contributed by atoms with E-state index in [1.165, 1.54) is 34.9 Å². The van der Waals surface area contributed by atoms with E-state index in [0.717, 1.165) is 23.6 Å². The van der Waals surface area contributed by atoms with Gasteiger partial charge in [-0.1, -0.05) is 36.7 Å². The van der Waals surface area contributed by atoms with Gasteiger partial charge in [-0.2, -0.15) is 10.2 Å². The van der Waals surface area contributed by atoms with Gasteiger partial charge in [-0.15, -0.1) is 0 Å². The predicted molar refractivity (Wildman–Crippen MR) is 134 cm³/mol. The molecular formula is C26H20ClN3O4S. The molecule has 2 aromatic carbocycles. The van der Waals surface area contributed by atoms with Gasteiger partial charge in [0.25, 0.3) is 5.56 Å². The van der Waals surface area contributed by atoms with Gasteiger partial charge in [0.05, 0.1) is 4.90 Å². The van der Waals surface area contributed by atoms with Gasteiger partial charge in [0.1, 0.15) is 27.9 Å². The molecule has 0 aliphatic rings. The van der Waals surface area contributed by atoms with E-state index in [1.807, 2.05) is 19.1 Å². The molecule has 0 amide bonds. The number of sulfone groups is 1. The highest BCUT2D eigenvalue weighted by molar-refractivity contribution is 7.95. The van der Waals surface area contributed by atoms with Gasteiger partial charge in [0.2, 0.25) is 15.7 Å². The van der Waals surface area contributed by atoms with Crippen molar-refractivity contribution in [2.24, 2.45) is 0 Å². The SMILES string of the molecule is CCc1ccc(Oc2nc3c(C)cccn3c(=O)c2/C=C(\C#N)S(=O)(=O)c2ccc(Cl)cc2)cc1. The number of halogens is 1. The Balaban J connectivity index is 1.93. The fraction of sp³-hybridized carbons (Fsp3) is 0.115. The zero-order valence-corrected chi connectivity index (χ0v) is 20.5. The van der Waals surface area contributed by atoms with Gasteiger partial charge in [-0.05, 0) is 73.0 Å². The van der Waals surface area contributed by atoms with Crippen molar-refractivity contribution in [3.8, 4) is 17.7 Å². The fourth-order valence-electron chi connectivity index (χ4n) is 3.44. The molecule has 0 aliphatic carbocycles. The van der Waals surface area contributed by atoms with Crippen LogP contribution < -0.4 is 10.3 Å². The first-order valence-electron chi connectivity index (χ1n) is 10.7. The average molecular weight is 506 g/mol. The van der Waals surface area contributed by atoms with E-state index >= 15 is 0 Å². The van der Waals surface area contributed by atoms with Crippen molar-refractivity contribution in [2.45, 2.75) is 25.2 Å². The van der Waals surface area contributed by atoms with Crippen LogP contribution in [-0.4, -0.2) is 17.8 Å². The topological polar surface area (TPSA) is 102 Å². The van der Waals surface area contributed by atoms with Crippen molar-refractivity contribution >= 4 is 33.2 Å². The van der Waals surface area contributed by atoms with Crippen molar-refractivity contribution in [2.75, 3.05) is 0 Å². The zero-order chi connectivity index (χ0) is 25.2. The second kappa shape index (κ2) is 9.74. The number of benzene rings is 2. The summed E-state index contributed by atoms with van der Waals surface area (Å²) < 4.78 is 33.5. The van der Waals surface area contributed by atoms with Gasteiger partial charge in [0, 0.05) is 11.2 Å². The molecule has 7 nitrogen and oxygen atoms in total. The third-order valence-corrected chi connectivity index (χ3v) is 7.33. The van der Waals surface area contributed by atoms with Gasteiger partial charge in [-0.25, -0.2) is 8.42 Å². The van der Waals surface area contributed by atoms with Crippen LogP contribution in [0.4, 0.5) is 0 Å². The number of rotatable bonds is 6. The molecule has 0 radical (unpaired) electrons. The number of hydrogen-bond acceptors (Lipinski definition) is 6. The van der Waals surface area contributed by atoms with E-state index < -0.39 is 20.3 Å². The van der Waals surface area contributed by atoms with E-state index in [9.17, 15) is 18.5 Å². The van der Waals surface area contributed by atoms with Crippen molar-refractivity contribution < 1.29 is 13.2 Å². The van der Waals surface area contributed by atoms with Crippen LogP contribution in [0, 0.1) is 18.3 Å². The molecule has 0 fully saturated rings. The molecule has 0 aliphatic heterocycles. The molecule has 4 rings (SSSR count). The summed E-state index contributed by atoms with van der Waals surface area (Å²) in [5, 5.41) is 10.1. The number of fused-ring (bicyclic) bond motifs is 1. The Bertz CT molecular complexity index is 1650. The maximum atomic E-state index is 13.4. The van der Waals surface area contributed by atoms with Gasteiger partial charge in [-0.3, -0.25) is 9.20 Å². The summed E-state index contributed by atoms with van der Waals surface area (Å²) in [6.07, 6.45) is 3.37. The van der Waals surface area contributed by atoms with Crippen molar-refractivity contribution in [3.05, 3.63) is 104 Å². The van der Waals surface area contributed by atoms with E-state index in [0.29, 0.717) is 16.4 Å². The lowest BCUT2D eigenvalue weighted by Gasteiger charge is -2.12. The first kappa shape index (κ1) is 24.2. The summed E-state index contributed by atoms with van der Waals surface area (Å²) in [6, 6.07) is 17.8. The first-order chi connectivity index (χ1) is 16.7. The van der Waals surface area contributed by atoms with Crippen molar-refractivity contribution in [3.63, 3.8) is 0 Å². The van der Waals surface area contributed by atoms with Crippen LogP contribution in [0.25, 0.3) is 11.7 Å². The van der Waals surface area contributed by atoms with E-state index in [4.69, 9.17) is 16.3 Å². The number of nitriles is 1. The number of aryl methyl sites for hydroxylation is 2. The molecule has 0 N–H and O–H groups in total. The fourth-order valence-corrected chi connectivity index (χ4v) is 4.71. The zero-order valence-electron chi connectivity index (χ0n) is 18.9. The summed E-state index contributed by atoms with van der Waals surface area (Å²) in [4.78, 5) is 17.2. The summed E-state index contributed by atoms with van der Waals surface area (Å²) in [7, 11) is -4.23. The standard InChI is InChI=1S/C26H20ClN3O4S/c1-3-18-6-10-20(11-7-18)34-25-23(26(31)30-14-4-5-17(2)24(30)29-25)15-22(16-28)35(32,33)21-12-8-19(27)9-13-21/h4-15H,3H2,1-2H3/b22-15+. The van der Waals surface area contributed by atoms with Crippen LogP contribution in [-0.2, 0) is 16.3 Å². The molecule has 4 aromatic rings. The number of allylic oxidation sites excluding steroid dienone is 1. The second-order valence-corrected chi connectivity index (χ2v) is 10.1. The van der Waals surface area contributed by atoms with E-state index in [1.54, 1.807) is 37.3 Å². The third kappa shape index (κ3) is 4.83. The molecule has 0 unspecified atom stereocenters. The lowest BCUT2D eigenvalue weighted by molar-refractivity contribution is 0.460.